The smallest absolute Gasteiger partial charge is 0.223 e. The van der Waals surface area contributed by atoms with Gasteiger partial charge in [-0.2, -0.15) is 0 Å². The molecular weight excluding hydrogens is 314 g/mol. The average Bonchev–Trinajstić information content (AvgIpc) is 2.41. The van der Waals surface area contributed by atoms with Gasteiger partial charge in [0, 0.05) is 12.0 Å². The third-order valence-electron chi connectivity index (χ3n) is 3.89. The average molecular weight is 335 g/mol. The largest absolute Gasteiger partial charge is 0.349 e. The molecule has 0 bridgehead atoms. The van der Waals surface area contributed by atoms with Gasteiger partial charge in [-0.25, -0.2) is 4.39 Å². The lowest BCUT2D eigenvalue weighted by atomic mass is 9.85. The fraction of sp³-hybridized carbons (Fsp3) is 0.533. The van der Waals surface area contributed by atoms with Crippen LogP contribution in [0.25, 0.3) is 0 Å². The molecule has 6 heteroatoms. The van der Waals surface area contributed by atoms with Gasteiger partial charge in [0.15, 0.2) is 0 Å². The van der Waals surface area contributed by atoms with Gasteiger partial charge in [-0.3, -0.25) is 4.79 Å². The predicted molar refractivity (Wildman–Crippen MR) is 85.1 cm³/mol. The van der Waals surface area contributed by atoms with E-state index in [2.05, 4.69) is 5.32 Å². The standard InChI is InChI=1S/C15H20ClFN2O.ClH/c1-9(10-5-6-14(17)13(16)8-10)19-15(20)11-3-2-4-12(18)7-11;/h5-6,8-9,11-12H,2-4,7,18H2,1H3,(H,19,20);1H. The molecule has 0 spiro atoms. The number of amides is 1. The van der Waals surface area contributed by atoms with Crippen LogP contribution in [0.3, 0.4) is 0 Å². The van der Waals surface area contributed by atoms with Crippen molar-refractivity contribution in [3.05, 3.63) is 34.6 Å². The molecule has 1 saturated carbocycles. The number of carbonyl (C=O) groups excluding carboxylic acids is 1. The Balaban J connectivity index is 0.00000220. The first-order chi connectivity index (χ1) is 9.47. The molecule has 3 unspecified atom stereocenters. The van der Waals surface area contributed by atoms with Crippen molar-refractivity contribution in [3.63, 3.8) is 0 Å². The minimum absolute atomic E-state index is 0. The number of carbonyl (C=O) groups is 1. The summed E-state index contributed by atoms with van der Waals surface area (Å²) in [6, 6.07) is 4.43. The molecule has 3 N–H and O–H groups in total. The van der Waals surface area contributed by atoms with Gasteiger partial charge in [-0.15, -0.1) is 12.4 Å². The first-order valence-corrected chi connectivity index (χ1v) is 7.36. The van der Waals surface area contributed by atoms with Crippen molar-refractivity contribution in [1.82, 2.24) is 5.32 Å². The van der Waals surface area contributed by atoms with Crippen molar-refractivity contribution < 1.29 is 9.18 Å². The third kappa shape index (κ3) is 4.83. The fourth-order valence-corrected chi connectivity index (χ4v) is 2.85. The van der Waals surface area contributed by atoms with Gasteiger partial charge in [-0.05, 0) is 43.9 Å². The SMILES string of the molecule is CC(NC(=O)C1CCCC(N)C1)c1ccc(F)c(Cl)c1.Cl. The van der Waals surface area contributed by atoms with Gasteiger partial charge in [0.25, 0.3) is 0 Å². The van der Waals surface area contributed by atoms with E-state index < -0.39 is 5.82 Å². The second kappa shape index (κ2) is 7.97. The maximum Gasteiger partial charge on any atom is 0.223 e. The molecular formula is C15H21Cl2FN2O. The Hall–Kier alpha value is -0.840. The molecule has 1 aromatic carbocycles. The highest BCUT2D eigenvalue weighted by molar-refractivity contribution is 6.30. The van der Waals surface area contributed by atoms with Crippen LogP contribution in [-0.2, 0) is 4.79 Å². The van der Waals surface area contributed by atoms with Gasteiger partial charge in [0.2, 0.25) is 5.91 Å². The van der Waals surface area contributed by atoms with Crippen LogP contribution in [0.5, 0.6) is 0 Å². The van der Waals surface area contributed by atoms with E-state index in [-0.39, 0.29) is 41.3 Å². The Kier molecular flexibility index (Phi) is 6.91. The second-order valence-corrected chi connectivity index (χ2v) is 5.93. The highest BCUT2D eigenvalue weighted by Crippen LogP contribution is 2.25. The lowest BCUT2D eigenvalue weighted by Crippen LogP contribution is -2.38. The van der Waals surface area contributed by atoms with Crippen LogP contribution in [-0.4, -0.2) is 11.9 Å². The molecule has 0 aromatic heterocycles. The molecule has 1 fully saturated rings. The molecule has 0 aliphatic heterocycles. The zero-order valence-electron chi connectivity index (χ0n) is 11.9. The molecule has 1 aliphatic rings. The van der Waals surface area contributed by atoms with Crippen LogP contribution in [0.1, 0.15) is 44.2 Å². The second-order valence-electron chi connectivity index (χ2n) is 5.53. The lowest BCUT2D eigenvalue weighted by molar-refractivity contribution is -0.126. The van der Waals surface area contributed by atoms with Crippen LogP contribution in [0.15, 0.2) is 18.2 Å². The fourth-order valence-electron chi connectivity index (χ4n) is 2.66. The van der Waals surface area contributed by atoms with Crippen molar-refractivity contribution in [3.8, 4) is 0 Å². The molecule has 1 aromatic rings. The van der Waals surface area contributed by atoms with E-state index >= 15 is 0 Å². The highest BCUT2D eigenvalue weighted by atomic mass is 35.5. The van der Waals surface area contributed by atoms with Gasteiger partial charge in [0.1, 0.15) is 5.82 Å². The number of nitrogens with two attached hydrogens (primary N) is 1. The number of halogens is 3. The van der Waals surface area contributed by atoms with Crippen LogP contribution >= 0.6 is 24.0 Å². The summed E-state index contributed by atoms with van der Waals surface area (Å²) in [5.41, 5.74) is 6.70. The number of nitrogens with one attached hydrogen (secondary N) is 1. The van der Waals surface area contributed by atoms with Crippen molar-refractivity contribution in [2.45, 2.75) is 44.7 Å². The molecule has 3 nitrogen and oxygen atoms in total. The topological polar surface area (TPSA) is 55.1 Å². The normalized spacial score (nSPS) is 23.0. The Morgan fingerprint density at radius 2 is 2.19 bits per heavy atom. The van der Waals surface area contributed by atoms with E-state index in [1.807, 2.05) is 6.92 Å². The third-order valence-corrected chi connectivity index (χ3v) is 4.18. The number of rotatable bonds is 3. The van der Waals surface area contributed by atoms with E-state index in [0.29, 0.717) is 0 Å². The Bertz CT molecular complexity index is 499. The van der Waals surface area contributed by atoms with E-state index in [1.165, 1.54) is 6.07 Å². The minimum atomic E-state index is -0.452. The summed E-state index contributed by atoms with van der Waals surface area (Å²) in [6.07, 6.45) is 3.61. The number of hydrogen-bond acceptors (Lipinski definition) is 2. The first-order valence-electron chi connectivity index (χ1n) is 6.98. The summed E-state index contributed by atoms with van der Waals surface area (Å²) in [7, 11) is 0. The minimum Gasteiger partial charge on any atom is -0.349 e. The Labute approximate surface area is 135 Å². The highest BCUT2D eigenvalue weighted by Gasteiger charge is 2.26. The summed E-state index contributed by atoms with van der Waals surface area (Å²) < 4.78 is 13.1. The maximum absolute atomic E-state index is 13.1. The van der Waals surface area contributed by atoms with E-state index in [0.717, 1.165) is 31.2 Å². The molecule has 2 rings (SSSR count). The number of benzene rings is 1. The summed E-state index contributed by atoms with van der Waals surface area (Å²) in [5, 5.41) is 3.03. The van der Waals surface area contributed by atoms with Crippen molar-refractivity contribution in [2.24, 2.45) is 11.7 Å². The Morgan fingerprint density at radius 1 is 1.48 bits per heavy atom. The van der Waals surface area contributed by atoms with Gasteiger partial charge < -0.3 is 11.1 Å². The van der Waals surface area contributed by atoms with E-state index in [1.54, 1.807) is 12.1 Å². The van der Waals surface area contributed by atoms with Crippen LogP contribution in [0.2, 0.25) is 5.02 Å². The number of hydrogen-bond donors (Lipinski definition) is 2. The van der Waals surface area contributed by atoms with Gasteiger partial charge in [-0.1, -0.05) is 24.1 Å². The summed E-state index contributed by atoms with van der Waals surface area (Å²) >= 11 is 5.76. The Morgan fingerprint density at radius 3 is 2.81 bits per heavy atom. The quantitative estimate of drug-likeness (QED) is 0.887. The van der Waals surface area contributed by atoms with Crippen molar-refractivity contribution in [1.29, 1.82) is 0 Å². The molecule has 3 atom stereocenters. The van der Waals surface area contributed by atoms with Crippen molar-refractivity contribution in [2.75, 3.05) is 0 Å². The molecule has 1 amide bonds. The van der Waals surface area contributed by atoms with Gasteiger partial charge in [0.05, 0.1) is 11.1 Å². The maximum atomic E-state index is 13.1. The molecule has 118 valence electrons. The van der Waals surface area contributed by atoms with Gasteiger partial charge >= 0.3 is 0 Å². The molecule has 0 heterocycles. The molecule has 1 aliphatic carbocycles. The summed E-state index contributed by atoms with van der Waals surface area (Å²) in [5.74, 6) is -0.447. The molecule has 0 radical (unpaired) electrons. The predicted octanol–water partition coefficient (Wildman–Crippen LogP) is 3.60. The van der Waals surface area contributed by atoms with E-state index in [4.69, 9.17) is 17.3 Å². The zero-order chi connectivity index (χ0) is 14.7. The van der Waals surface area contributed by atoms with Crippen LogP contribution < -0.4 is 11.1 Å². The first kappa shape index (κ1) is 18.2. The molecule has 0 saturated heterocycles. The van der Waals surface area contributed by atoms with Crippen LogP contribution in [0, 0.1) is 11.7 Å². The van der Waals surface area contributed by atoms with E-state index in [9.17, 15) is 9.18 Å². The van der Waals surface area contributed by atoms with Crippen LogP contribution in [0.4, 0.5) is 4.39 Å². The van der Waals surface area contributed by atoms with Crippen molar-refractivity contribution >= 4 is 29.9 Å². The summed E-state index contributed by atoms with van der Waals surface area (Å²) in [4.78, 5) is 12.2. The summed E-state index contributed by atoms with van der Waals surface area (Å²) in [6.45, 7) is 1.87. The zero-order valence-corrected chi connectivity index (χ0v) is 13.5. The lowest BCUT2D eigenvalue weighted by Gasteiger charge is -2.27. The molecule has 21 heavy (non-hydrogen) atoms. The monoisotopic (exact) mass is 334 g/mol.